The number of nitrogens with one attached hydrogen (secondary N) is 1. The molecule has 0 aliphatic rings. The Labute approximate surface area is 137 Å². The van der Waals surface area contributed by atoms with Gasteiger partial charge in [0.15, 0.2) is 6.10 Å². The molecule has 0 aliphatic carbocycles. The lowest BCUT2D eigenvalue weighted by molar-refractivity contribution is -0.167. The number of hydrogen-bond donors (Lipinski definition) is 2. The maximum absolute atomic E-state index is 12.2. The molecule has 7 nitrogen and oxygen atoms in total. The summed E-state index contributed by atoms with van der Waals surface area (Å²) in [6.07, 6.45) is -1.77. The summed E-state index contributed by atoms with van der Waals surface area (Å²) in [5.74, 6) is -2.20. The fourth-order valence-corrected chi connectivity index (χ4v) is 1.77. The normalized spacial score (nSPS) is 14.3. The Bertz CT molecular complexity index is 425. The lowest BCUT2D eigenvalue weighted by atomic mass is 10.0. The molecule has 0 aromatic heterocycles. The summed E-state index contributed by atoms with van der Waals surface area (Å²) in [5.41, 5.74) is -0.698. The molecule has 134 valence electrons. The lowest BCUT2D eigenvalue weighted by Gasteiger charge is -2.26. The van der Waals surface area contributed by atoms with Crippen LogP contribution in [0.2, 0.25) is 0 Å². The first-order chi connectivity index (χ1) is 10.3. The maximum Gasteiger partial charge on any atom is 0.408 e. The number of carbonyl (C=O) groups excluding carboxylic acids is 2. The van der Waals surface area contributed by atoms with Gasteiger partial charge in [0.25, 0.3) is 0 Å². The highest BCUT2D eigenvalue weighted by molar-refractivity contribution is 5.84. The molecule has 0 heterocycles. The van der Waals surface area contributed by atoms with Crippen molar-refractivity contribution in [3.63, 3.8) is 0 Å². The molecule has 2 N–H and O–H groups in total. The summed E-state index contributed by atoms with van der Waals surface area (Å²) in [4.78, 5) is 35.2. The first kappa shape index (κ1) is 21.2. The molecular formula is C16H29NO6. The third-order valence-corrected chi connectivity index (χ3v) is 2.81. The van der Waals surface area contributed by atoms with E-state index in [4.69, 9.17) is 14.6 Å². The van der Waals surface area contributed by atoms with Crippen LogP contribution in [0.15, 0.2) is 0 Å². The van der Waals surface area contributed by atoms with Crippen molar-refractivity contribution in [3.8, 4) is 0 Å². The summed E-state index contributed by atoms with van der Waals surface area (Å²) >= 11 is 0. The van der Waals surface area contributed by atoms with Crippen LogP contribution in [0.25, 0.3) is 0 Å². The smallest absolute Gasteiger partial charge is 0.408 e. The molecule has 0 saturated carbocycles. The van der Waals surface area contributed by atoms with Gasteiger partial charge < -0.3 is 19.9 Å². The van der Waals surface area contributed by atoms with Gasteiger partial charge in [0.2, 0.25) is 0 Å². The summed E-state index contributed by atoms with van der Waals surface area (Å²) in [7, 11) is 0. The van der Waals surface area contributed by atoms with E-state index in [1.165, 1.54) is 0 Å². The van der Waals surface area contributed by atoms with Gasteiger partial charge in [-0.2, -0.15) is 0 Å². The molecule has 0 aliphatic heterocycles. The Hall–Kier alpha value is -1.79. The van der Waals surface area contributed by atoms with Crippen LogP contribution in [0.3, 0.4) is 0 Å². The Morgan fingerprint density at radius 1 is 1.09 bits per heavy atom. The first-order valence-corrected chi connectivity index (χ1v) is 7.76. The quantitative estimate of drug-likeness (QED) is 0.695. The van der Waals surface area contributed by atoms with E-state index in [1.54, 1.807) is 34.6 Å². The number of carboxylic acid groups (broad SMARTS) is 1. The molecule has 2 atom stereocenters. The van der Waals surface area contributed by atoms with Crippen molar-refractivity contribution in [2.45, 2.75) is 72.6 Å². The molecule has 0 bridgehead atoms. The van der Waals surface area contributed by atoms with Crippen LogP contribution in [-0.4, -0.2) is 40.9 Å². The van der Waals surface area contributed by atoms with Crippen LogP contribution >= 0.6 is 0 Å². The zero-order chi connectivity index (χ0) is 18.4. The van der Waals surface area contributed by atoms with Gasteiger partial charge in [-0.1, -0.05) is 27.7 Å². The fourth-order valence-electron chi connectivity index (χ4n) is 1.77. The van der Waals surface area contributed by atoms with Gasteiger partial charge >= 0.3 is 18.0 Å². The van der Waals surface area contributed by atoms with Gasteiger partial charge in [-0.05, 0) is 39.0 Å². The van der Waals surface area contributed by atoms with E-state index in [2.05, 4.69) is 5.32 Å². The van der Waals surface area contributed by atoms with Gasteiger partial charge in [-0.15, -0.1) is 0 Å². The summed E-state index contributed by atoms with van der Waals surface area (Å²) in [6.45, 7) is 12.2. The van der Waals surface area contributed by atoms with Crippen LogP contribution < -0.4 is 5.32 Å². The van der Waals surface area contributed by atoms with Crippen LogP contribution in [0.1, 0.15) is 54.9 Å². The van der Waals surface area contributed by atoms with E-state index in [0.29, 0.717) is 0 Å². The number of amides is 1. The average molecular weight is 331 g/mol. The standard InChI is InChI=1S/C16H29NO6/c1-9(2)8-11(13(18)19)22-14(20)12(10(3)4)17-15(21)23-16(5,6)7/h9-12H,8H2,1-7H3,(H,17,21)(H,18,19)/t11-,12+/m1/s1. The fraction of sp³-hybridized carbons (Fsp3) is 0.812. The SMILES string of the molecule is CC(C)C[C@@H](OC(=O)[C@@H](NC(=O)OC(C)(C)C)C(C)C)C(=O)O. The average Bonchev–Trinajstić information content (AvgIpc) is 2.31. The van der Waals surface area contributed by atoms with Crippen molar-refractivity contribution in [3.05, 3.63) is 0 Å². The van der Waals surface area contributed by atoms with E-state index in [0.717, 1.165) is 0 Å². The highest BCUT2D eigenvalue weighted by atomic mass is 16.6. The van der Waals surface area contributed by atoms with E-state index in [9.17, 15) is 14.4 Å². The monoisotopic (exact) mass is 331 g/mol. The number of carboxylic acids is 1. The minimum absolute atomic E-state index is 0.0558. The van der Waals surface area contributed by atoms with Crippen molar-refractivity contribution in [1.82, 2.24) is 5.32 Å². The molecular weight excluding hydrogens is 302 g/mol. The van der Waals surface area contributed by atoms with E-state index < -0.39 is 35.8 Å². The minimum Gasteiger partial charge on any atom is -0.479 e. The van der Waals surface area contributed by atoms with Gasteiger partial charge in [0, 0.05) is 0 Å². The van der Waals surface area contributed by atoms with Crippen LogP contribution in [0, 0.1) is 11.8 Å². The Kier molecular flexibility index (Phi) is 8.06. The molecule has 1 amide bonds. The van der Waals surface area contributed by atoms with Gasteiger partial charge in [-0.25, -0.2) is 14.4 Å². The van der Waals surface area contributed by atoms with Gasteiger partial charge in [0.1, 0.15) is 11.6 Å². The number of carbonyl (C=O) groups is 3. The van der Waals surface area contributed by atoms with Crippen molar-refractivity contribution in [2.75, 3.05) is 0 Å². The van der Waals surface area contributed by atoms with Crippen LogP contribution in [-0.2, 0) is 19.1 Å². The second kappa shape index (κ2) is 8.74. The maximum atomic E-state index is 12.2. The largest absolute Gasteiger partial charge is 0.479 e. The number of rotatable bonds is 7. The zero-order valence-electron chi connectivity index (χ0n) is 15.0. The van der Waals surface area contributed by atoms with Crippen molar-refractivity contribution in [2.24, 2.45) is 11.8 Å². The predicted octanol–water partition coefficient (Wildman–Crippen LogP) is 2.58. The van der Waals surface area contributed by atoms with Crippen molar-refractivity contribution in [1.29, 1.82) is 0 Å². The van der Waals surface area contributed by atoms with Gasteiger partial charge in [0.05, 0.1) is 0 Å². The minimum atomic E-state index is -1.23. The molecule has 0 radical (unpaired) electrons. The third kappa shape index (κ3) is 9.05. The molecule has 0 saturated heterocycles. The van der Waals surface area contributed by atoms with Crippen molar-refractivity contribution < 1.29 is 29.0 Å². The van der Waals surface area contributed by atoms with Crippen LogP contribution in [0.4, 0.5) is 4.79 Å². The molecule has 7 heteroatoms. The van der Waals surface area contributed by atoms with Crippen molar-refractivity contribution >= 4 is 18.0 Å². The Balaban J connectivity index is 4.91. The number of alkyl carbamates (subject to hydrolysis) is 1. The lowest BCUT2D eigenvalue weighted by Crippen LogP contribution is -2.48. The highest BCUT2D eigenvalue weighted by Crippen LogP contribution is 2.13. The molecule has 0 aromatic rings. The molecule has 0 spiro atoms. The second-order valence-electron chi connectivity index (χ2n) is 7.26. The third-order valence-electron chi connectivity index (χ3n) is 2.81. The number of hydrogen-bond acceptors (Lipinski definition) is 5. The number of esters is 1. The first-order valence-electron chi connectivity index (χ1n) is 7.76. The number of ether oxygens (including phenoxy) is 2. The Morgan fingerprint density at radius 3 is 1.96 bits per heavy atom. The molecule has 0 unspecified atom stereocenters. The summed E-state index contributed by atoms with van der Waals surface area (Å²) in [6, 6.07) is -0.973. The molecule has 0 aromatic carbocycles. The van der Waals surface area contributed by atoms with E-state index in [1.807, 2.05) is 13.8 Å². The van der Waals surface area contributed by atoms with E-state index in [-0.39, 0.29) is 18.3 Å². The second-order valence-corrected chi connectivity index (χ2v) is 7.26. The Morgan fingerprint density at radius 2 is 1.61 bits per heavy atom. The number of aliphatic carboxylic acids is 1. The molecule has 23 heavy (non-hydrogen) atoms. The summed E-state index contributed by atoms with van der Waals surface area (Å²) in [5, 5.41) is 11.6. The van der Waals surface area contributed by atoms with Crippen LogP contribution in [0.5, 0.6) is 0 Å². The van der Waals surface area contributed by atoms with E-state index >= 15 is 0 Å². The summed E-state index contributed by atoms with van der Waals surface area (Å²) < 4.78 is 10.2. The predicted molar refractivity (Wildman–Crippen MR) is 85.0 cm³/mol. The highest BCUT2D eigenvalue weighted by Gasteiger charge is 2.32. The molecule has 0 rings (SSSR count). The topological polar surface area (TPSA) is 102 Å². The zero-order valence-corrected chi connectivity index (χ0v) is 15.0. The molecule has 0 fully saturated rings. The van der Waals surface area contributed by atoms with Gasteiger partial charge in [-0.3, -0.25) is 0 Å².